The maximum atomic E-state index is 6.46. The zero-order valence-corrected chi connectivity index (χ0v) is 28.5. The first-order chi connectivity index (χ1) is 26.3. The van der Waals surface area contributed by atoms with E-state index >= 15 is 0 Å². The summed E-state index contributed by atoms with van der Waals surface area (Å²) < 4.78 is 11.1. The van der Waals surface area contributed by atoms with Gasteiger partial charge < -0.3 is 8.98 Å². The van der Waals surface area contributed by atoms with E-state index in [9.17, 15) is 0 Å². The number of nitrogens with zero attached hydrogens (tertiary/aromatic N) is 3. The molecule has 0 unspecified atom stereocenters. The minimum Gasteiger partial charge on any atom is -0.456 e. The highest BCUT2D eigenvalue weighted by molar-refractivity contribution is 6.31. The van der Waals surface area contributed by atoms with E-state index in [4.69, 9.17) is 9.40 Å². The highest BCUT2D eigenvalue weighted by atomic mass is 16.3. The van der Waals surface area contributed by atoms with Crippen molar-refractivity contribution in [3.05, 3.63) is 176 Å². The fourth-order valence-electron chi connectivity index (χ4n) is 8.75. The summed E-state index contributed by atoms with van der Waals surface area (Å²) in [5.74, 6) is 0.915. The lowest BCUT2D eigenvalue weighted by molar-refractivity contribution is 0.669. The predicted molar refractivity (Wildman–Crippen MR) is 221 cm³/mol. The number of benzene rings is 9. The van der Waals surface area contributed by atoms with Gasteiger partial charge in [-0.3, -0.25) is 4.57 Å². The Hall–Kier alpha value is -7.17. The van der Waals surface area contributed by atoms with Crippen LogP contribution in [-0.2, 0) is 0 Å². The van der Waals surface area contributed by atoms with E-state index < -0.39 is 0 Å². The molecule has 9 aromatic carbocycles. The van der Waals surface area contributed by atoms with Crippen molar-refractivity contribution in [2.24, 2.45) is 0 Å². The third kappa shape index (κ3) is 4.03. The molecule has 53 heavy (non-hydrogen) atoms. The van der Waals surface area contributed by atoms with Crippen LogP contribution in [0.4, 0.5) is 0 Å². The summed E-state index contributed by atoms with van der Waals surface area (Å²) in [6.45, 7) is 0. The first-order valence-electron chi connectivity index (χ1n) is 18.0. The highest BCUT2D eigenvalue weighted by Gasteiger charge is 2.20. The quantitative estimate of drug-likeness (QED) is 0.175. The van der Waals surface area contributed by atoms with Crippen LogP contribution in [0, 0.1) is 0 Å². The summed E-state index contributed by atoms with van der Waals surface area (Å²) >= 11 is 0. The first-order valence-corrected chi connectivity index (χ1v) is 18.0. The highest BCUT2D eigenvalue weighted by Crippen LogP contribution is 2.43. The molecule has 246 valence electrons. The average molecular weight is 676 g/mol. The maximum absolute atomic E-state index is 6.46. The van der Waals surface area contributed by atoms with E-state index in [1.807, 2.05) is 6.07 Å². The summed E-state index contributed by atoms with van der Waals surface area (Å²) in [7, 11) is 0. The number of furan rings is 1. The van der Waals surface area contributed by atoms with Gasteiger partial charge in [-0.1, -0.05) is 103 Å². The van der Waals surface area contributed by atoms with Gasteiger partial charge in [0.15, 0.2) is 0 Å². The Kier molecular flexibility index (Phi) is 5.74. The normalized spacial score (nSPS) is 12.2. The number of rotatable bonds is 3. The standard InChI is InChI=1S/C49H29N3O/c1-2-14-31(15-3-1)52-45-23-10-8-21-43(45)50-49(52)30-13-12-16-32(25-30)51-44-22-9-6-19-35(44)41-26-37-33-17-4-5-18-34(33)38-27-42-36-20-7-11-24-47(36)53-48(42)29-40(38)39(37)28-46(41)51/h1-29H. The van der Waals surface area contributed by atoms with Gasteiger partial charge in [-0.15, -0.1) is 0 Å². The molecule has 0 bridgehead atoms. The second-order valence-corrected chi connectivity index (χ2v) is 14.0. The Morgan fingerprint density at radius 2 is 0.962 bits per heavy atom. The van der Waals surface area contributed by atoms with Gasteiger partial charge in [0, 0.05) is 38.5 Å². The van der Waals surface area contributed by atoms with Crippen LogP contribution >= 0.6 is 0 Å². The maximum Gasteiger partial charge on any atom is 0.145 e. The number of aromatic nitrogens is 3. The lowest BCUT2D eigenvalue weighted by atomic mass is 9.92. The molecular weight excluding hydrogens is 647 g/mol. The van der Waals surface area contributed by atoms with Gasteiger partial charge in [0.05, 0.1) is 22.1 Å². The fourth-order valence-corrected chi connectivity index (χ4v) is 8.75. The molecule has 0 aliphatic rings. The van der Waals surface area contributed by atoms with E-state index in [2.05, 4.69) is 179 Å². The molecule has 3 heterocycles. The molecule has 4 nitrogen and oxygen atoms in total. The molecule has 4 heteroatoms. The van der Waals surface area contributed by atoms with Crippen LogP contribution < -0.4 is 0 Å². The van der Waals surface area contributed by atoms with Crippen molar-refractivity contribution in [3.63, 3.8) is 0 Å². The molecule has 0 fully saturated rings. The van der Waals surface area contributed by atoms with E-state index in [1.54, 1.807) is 0 Å². The van der Waals surface area contributed by atoms with Crippen LogP contribution in [0.25, 0.3) is 110 Å². The molecule has 0 saturated heterocycles. The predicted octanol–water partition coefficient (Wildman–Crippen LogP) is 13.1. The molecule has 0 atom stereocenters. The first kappa shape index (κ1) is 28.5. The zero-order chi connectivity index (χ0) is 34.6. The smallest absolute Gasteiger partial charge is 0.145 e. The van der Waals surface area contributed by atoms with Crippen molar-refractivity contribution >= 4 is 87.1 Å². The zero-order valence-electron chi connectivity index (χ0n) is 28.5. The Morgan fingerprint density at radius 1 is 0.340 bits per heavy atom. The molecule has 0 radical (unpaired) electrons. The van der Waals surface area contributed by atoms with Crippen LogP contribution in [-0.4, -0.2) is 14.1 Å². The average Bonchev–Trinajstić information content (AvgIpc) is 3.89. The number of hydrogen-bond acceptors (Lipinski definition) is 2. The van der Waals surface area contributed by atoms with E-state index in [-0.39, 0.29) is 0 Å². The Bertz CT molecular complexity index is 3460. The van der Waals surface area contributed by atoms with Crippen LogP contribution in [0.1, 0.15) is 0 Å². The molecular formula is C49H29N3O. The van der Waals surface area contributed by atoms with Gasteiger partial charge in [0.1, 0.15) is 17.0 Å². The van der Waals surface area contributed by atoms with Crippen molar-refractivity contribution in [2.45, 2.75) is 0 Å². The summed E-state index contributed by atoms with van der Waals surface area (Å²) in [6, 6.07) is 63.0. The molecule has 0 spiro atoms. The summed E-state index contributed by atoms with van der Waals surface area (Å²) in [4.78, 5) is 5.20. The lowest BCUT2D eigenvalue weighted by Gasteiger charge is -2.14. The molecule has 12 aromatic rings. The number of fused-ring (bicyclic) bond motifs is 13. The third-order valence-corrected chi connectivity index (χ3v) is 11.1. The van der Waals surface area contributed by atoms with E-state index in [1.165, 1.54) is 48.6 Å². The monoisotopic (exact) mass is 675 g/mol. The minimum absolute atomic E-state index is 0.907. The van der Waals surface area contributed by atoms with Crippen molar-refractivity contribution in [1.82, 2.24) is 14.1 Å². The largest absolute Gasteiger partial charge is 0.456 e. The number of hydrogen-bond donors (Lipinski definition) is 0. The summed E-state index contributed by atoms with van der Waals surface area (Å²) in [6.07, 6.45) is 0. The Labute approximate surface area is 303 Å². The number of imidazole rings is 1. The van der Waals surface area contributed by atoms with Gasteiger partial charge >= 0.3 is 0 Å². The topological polar surface area (TPSA) is 35.9 Å². The molecule has 0 aliphatic carbocycles. The molecule has 0 saturated carbocycles. The molecule has 0 aliphatic heterocycles. The second-order valence-electron chi connectivity index (χ2n) is 14.0. The molecule has 0 amide bonds. The number of para-hydroxylation sites is 5. The third-order valence-electron chi connectivity index (χ3n) is 11.1. The van der Waals surface area contributed by atoms with Gasteiger partial charge in [-0.05, 0) is 105 Å². The Balaban J connectivity index is 1.17. The molecule has 12 rings (SSSR count). The molecule has 3 aromatic heterocycles. The van der Waals surface area contributed by atoms with Crippen LogP contribution in [0.5, 0.6) is 0 Å². The van der Waals surface area contributed by atoms with Gasteiger partial charge in [-0.2, -0.15) is 0 Å². The van der Waals surface area contributed by atoms with Gasteiger partial charge in [0.2, 0.25) is 0 Å². The van der Waals surface area contributed by atoms with Crippen LogP contribution in [0.15, 0.2) is 180 Å². The summed E-state index contributed by atoms with van der Waals surface area (Å²) in [5.41, 5.74) is 9.43. The fraction of sp³-hybridized carbons (Fsp3) is 0. The Morgan fingerprint density at radius 3 is 1.79 bits per heavy atom. The van der Waals surface area contributed by atoms with Crippen molar-refractivity contribution in [1.29, 1.82) is 0 Å². The van der Waals surface area contributed by atoms with Gasteiger partial charge in [0.25, 0.3) is 0 Å². The van der Waals surface area contributed by atoms with Gasteiger partial charge in [-0.25, -0.2) is 4.98 Å². The van der Waals surface area contributed by atoms with Crippen molar-refractivity contribution in [3.8, 4) is 22.8 Å². The van der Waals surface area contributed by atoms with E-state index in [0.29, 0.717) is 0 Å². The SMILES string of the molecule is c1ccc(-n2c(-c3cccc(-n4c5ccccc5c5cc6c7ccccc7c7cc8c(cc7c6cc54)oc4ccccc48)c3)nc3ccccc32)cc1. The van der Waals surface area contributed by atoms with Crippen LogP contribution in [0.3, 0.4) is 0 Å². The second kappa shape index (κ2) is 10.7. The minimum atomic E-state index is 0.907. The van der Waals surface area contributed by atoms with Crippen molar-refractivity contribution < 1.29 is 4.42 Å². The lowest BCUT2D eigenvalue weighted by Crippen LogP contribution is -1.99. The van der Waals surface area contributed by atoms with Crippen molar-refractivity contribution in [2.75, 3.05) is 0 Å². The van der Waals surface area contributed by atoms with E-state index in [0.717, 1.165) is 61.3 Å². The molecule has 0 N–H and O–H groups in total. The summed E-state index contributed by atoms with van der Waals surface area (Å²) in [5, 5.41) is 12.1. The van der Waals surface area contributed by atoms with Crippen LogP contribution in [0.2, 0.25) is 0 Å².